The zero-order chi connectivity index (χ0) is 12.3. The van der Waals surface area contributed by atoms with E-state index in [2.05, 4.69) is 31.3 Å². The lowest BCUT2D eigenvalue weighted by Gasteiger charge is -2.14. The smallest absolute Gasteiger partial charge is 0.127 e. The van der Waals surface area contributed by atoms with Crippen LogP contribution in [0.4, 0.5) is 4.39 Å². The van der Waals surface area contributed by atoms with Crippen molar-refractivity contribution in [1.29, 1.82) is 0 Å². The maximum atomic E-state index is 13.7. The van der Waals surface area contributed by atoms with E-state index in [1.54, 1.807) is 24.5 Å². The molecule has 1 unspecified atom stereocenters. The fraction of sp³-hybridized carbons (Fsp3) is 0.182. The average molecular weight is 299 g/mol. The summed E-state index contributed by atoms with van der Waals surface area (Å²) in [5.41, 5.74) is 3.21. The molecule has 0 spiro atoms. The second kappa shape index (κ2) is 5.39. The van der Waals surface area contributed by atoms with Gasteiger partial charge in [-0.15, -0.1) is 0 Å². The topological polar surface area (TPSA) is 66.7 Å². The summed E-state index contributed by atoms with van der Waals surface area (Å²) in [5, 5.41) is 0. The van der Waals surface area contributed by atoms with Crippen molar-refractivity contribution >= 4 is 15.9 Å². The summed E-state index contributed by atoms with van der Waals surface area (Å²) >= 11 is 3.22. The molecule has 1 aromatic carbocycles. The van der Waals surface area contributed by atoms with Gasteiger partial charge < -0.3 is 4.98 Å². The summed E-state index contributed by atoms with van der Waals surface area (Å²) in [7, 11) is 0. The molecular weight excluding hydrogens is 287 g/mol. The number of hydrogen-bond acceptors (Lipinski definition) is 3. The van der Waals surface area contributed by atoms with Gasteiger partial charge in [-0.1, -0.05) is 22.0 Å². The lowest BCUT2D eigenvalue weighted by Crippen LogP contribution is -2.30. The van der Waals surface area contributed by atoms with Crippen molar-refractivity contribution in [3.63, 3.8) is 0 Å². The van der Waals surface area contributed by atoms with Crippen molar-refractivity contribution < 1.29 is 4.39 Å². The van der Waals surface area contributed by atoms with E-state index < -0.39 is 0 Å². The third kappa shape index (κ3) is 2.91. The van der Waals surface area contributed by atoms with Crippen molar-refractivity contribution in [3.05, 3.63) is 52.3 Å². The zero-order valence-electron chi connectivity index (χ0n) is 8.95. The van der Waals surface area contributed by atoms with Gasteiger partial charge in [-0.05, 0) is 24.1 Å². The SMILES string of the molecule is NNC(Cc1ccc(Br)cc1F)c1ncc[nH]1. The molecule has 0 aliphatic carbocycles. The highest BCUT2D eigenvalue weighted by atomic mass is 79.9. The number of nitrogens with zero attached hydrogens (tertiary/aromatic N) is 1. The van der Waals surface area contributed by atoms with E-state index in [0.717, 1.165) is 0 Å². The Kier molecular flexibility index (Phi) is 3.88. The van der Waals surface area contributed by atoms with Gasteiger partial charge >= 0.3 is 0 Å². The number of aromatic amines is 1. The summed E-state index contributed by atoms with van der Waals surface area (Å²) in [6.45, 7) is 0. The molecule has 0 radical (unpaired) electrons. The van der Waals surface area contributed by atoms with Crippen LogP contribution in [0, 0.1) is 5.82 Å². The van der Waals surface area contributed by atoms with Crippen LogP contribution >= 0.6 is 15.9 Å². The third-order valence-electron chi connectivity index (χ3n) is 2.49. The fourth-order valence-electron chi connectivity index (χ4n) is 1.61. The number of nitrogens with one attached hydrogen (secondary N) is 2. The van der Waals surface area contributed by atoms with E-state index in [4.69, 9.17) is 5.84 Å². The van der Waals surface area contributed by atoms with Crippen LogP contribution in [0.25, 0.3) is 0 Å². The molecule has 0 bridgehead atoms. The van der Waals surface area contributed by atoms with Gasteiger partial charge in [-0.2, -0.15) is 0 Å². The summed E-state index contributed by atoms with van der Waals surface area (Å²) < 4.78 is 14.4. The van der Waals surface area contributed by atoms with Crippen LogP contribution in [0.2, 0.25) is 0 Å². The van der Waals surface area contributed by atoms with Crippen molar-refractivity contribution in [2.45, 2.75) is 12.5 Å². The summed E-state index contributed by atoms with van der Waals surface area (Å²) in [4.78, 5) is 7.05. The van der Waals surface area contributed by atoms with Gasteiger partial charge in [-0.3, -0.25) is 5.84 Å². The van der Waals surface area contributed by atoms with Gasteiger partial charge in [0.25, 0.3) is 0 Å². The molecule has 4 N–H and O–H groups in total. The van der Waals surface area contributed by atoms with Crippen molar-refractivity contribution in [1.82, 2.24) is 15.4 Å². The molecule has 17 heavy (non-hydrogen) atoms. The highest BCUT2D eigenvalue weighted by Crippen LogP contribution is 2.20. The van der Waals surface area contributed by atoms with Crippen molar-refractivity contribution in [3.8, 4) is 0 Å². The number of benzene rings is 1. The van der Waals surface area contributed by atoms with Crippen LogP contribution < -0.4 is 11.3 Å². The van der Waals surface area contributed by atoms with Crippen molar-refractivity contribution in [2.24, 2.45) is 5.84 Å². The molecule has 4 nitrogen and oxygen atoms in total. The van der Waals surface area contributed by atoms with Crippen LogP contribution in [0.3, 0.4) is 0 Å². The first-order valence-electron chi connectivity index (χ1n) is 5.10. The van der Waals surface area contributed by atoms with E-state index in [1.165, 1.54) is 6.07 Å². The first-order valence-corrected chi connectivity index (χ1v) is 5.89. The molecule has 2 rings (SSSR count). The fourth-order valence-corrected chi connectivity index (χ4v) is 1.94. The Labute approximate surface area is 107 Å². The van der Waals surface area contributed by atoms with E-state index in [9.17, 15) is 4.39 Å². The van der Waals surface area contributed by atoms with Gasteiger partial charge in [-0.25, -0.2) is 14.8 Å². The van der Waals surface area contributed by atoms with Crippen LogP contribution in [0.1, 0.15) is 17.4 Å². The van der Waals surface area contributed by atoms with Gasteiger partial charge in [0.05, 0.1) is 6.04 Å². The normalized spacial score (nSPS) is 12.6. The molecule has 1 aromatic heterocycles. The largest absolute Gasteiger partial charge is 0.347 e. The second-order valence-electron chi connectivity index (χ2n) is 3.63. The first kappa shape index (κ1) is 12.2. The van der Waals surface area contributed by atoms with Gasteiger partial charge in [0.1, 0.15) is 11.6 Å². The lowest BCUT2D eigenvalue weighted by atomic mass is 10.1. The van der Waals surface area contributed by atoms with E-state index in [1.807, 2.05) is 0 Å². The maximum Gasteiger partial charge on any atom is 0.127 e. The first-order chi connectivity index (χ1) is 8.20. The van der Waals surface area contributed by atoms with E-state index >= 15 is 0 Å². The third-order valence-corrected chi connectivity index (χ3v) is 2.98. The number of hydrazine groups is 1. The average Bonchev–Trinajstić information content (AvgIpc) is 2.81. The minimum absolute atomic E-state index is 0.235. The number of aromatic nitrogens is 2. The molecule has 1 atom stereocenters. The molecule has 0 saturated heterocycles. The molecule has 0 saturated carbocycles. The van der Waals surface area contributed by atoms with E-state index in [-0.39, 0.29) is 11.9 Å². The monoisotopic (exact) mass is 298 g/mol. The Hall–Kier alpha value is -1.24. The van der Waals surface area contributed by atoms with E-state index in [0.29, 0.717) is 22.3 Å². The maximum absolute atomic E-state index is 13.7. The molecule has 90 valence electrons. The number of H-pyrrole nitrogens is 1. The molecule has 1 heterocycles. The minimum Gasteiger partial charge on any atom is -0.347 e. The molecule has 0 fully saturated rings. The van der Waals surface area contributed by atoms with Gasteiger partial charge in [0.15, 0.2) is 0 Å². The zero-order valence-corrected chi connectivity index (χ0v) is 10.5. The van der Waals surface area contributed by atoms with Crippen molar-refractivity contribution in [2.75, 3.05) is 0 Å². The highest BCUT2D eigenvalue weighted by Gasteiger charge is 2.15. The molecule has 2 aromatic rings. The number of nitrogens with two attached hydrogens (primary N) is 1. The molecule has 6 heteroatoms. The van der Waals surface area contributed by atoms with Crippen LogP contribution in [0.5, 0.6) is 0 Å². The van der Waals surface area contributed by atoms with Gasteiger partial charge in [0.2, 0.25) is 0 Å². The Morgan fingerprint density at radius 3 is 2.94 bits per heavy atom. The number of rotatable bonds is 4. The molecule has 0 aliphatic heterocycles. The molecule has 0 aliphatic rings. The van der Waals surface area contributed by atoms with Gasteiger partial charge in [0, 0.05) is 16.9 Å². The quantitative estimate of drug-likeness (QED) is 0.598. The standard InChI is InChI=1S/C11H12BrFN4/c12-8-2-1-7(9(13)6-8)5-10(17-14)11-15-3-4-16-11/h1-4,6,10,17H,5,14H2,(H,15,16). The Morgan fingerprint density at radius 2 is 2.35 bits per heavy atom. The molecular formula is C11H12BrFN4. The Morgan fingerprint density at radius 1 is 1.53 bits per heavy atom. The predicted molar refractivity (Wildman–Crippen MR) is 66.5 cm³/mol. The minimum atomic E-state index is -0.258. The second-order valence-corrected chi connectivity index (χ2v) is 4.55. The number of halogens is 2. The highest BCUT2D eigenvalue weighted by molar-refractivity contribution is 9.10. The lowest BCUT2D eigenvalue weighted by molar-refractivity contribution is 0.510. The van der Waals surface area contributed by atoms with Crippen LogP contribution in [-0.2, 0) is 6.42 Å². The van der Waals surface area contributed by atoms with Crippen LogP contribution in [0.15, 0.2) is 35.1 Å². The summed E-state index contributed by atoms with van der Waals surface area (Å²) in [6, 6.07) is 4.73. The molecule has 0 amide bonds. The van der Waals surface area contributed by atoms with Crippen LogP contribution in [-0.4, -0.2) is 9.97 Å². The summed E-state index contributed by atoms with van der Waals surface area (Å²) in [5.74, 6) is 5.88. The summed E-state index contributed by atoms with van der Waals surface area (Å²) in [6.07, 6.45) is 3.78. The Bertz CT molecular complexity index is 486. The Balaban J connectivity index is 2.19. The number of imidazole rings is 1. The predicted octanol–water partition coefficient (Wildman–Crippen LogP) is 2.06. The number of hydrogen-bond donors (Lipinski definition) is 3.